The third-order valence-corrected chi connectivity index (χ3v) is 4.40. The Labute approximate surface area is 152 Å². The molecule has 26 heavy (non-hydrogen) atoms. The van der Waals surface area contributed by atoms with Gasteiger partial charge >= 0.3 is 0 Å². The van der Waals surface area contributed by atoms with E-state index in [1.165, 1.54) is 4.57 Å². The van der Waals surface area contributed by atoms with E-state index in [2.05, 4.69) is 20.0 Å². The second-order valence-corrected chi connectivity index (χ2v) is 6.98. The van der Waals surface area contributed by atoms with E-state index in [1.54, 1.807) is 19.4 Å². The Bertz CT molecular complexity index is 787. The van der Waals surface area contributed by atoms with Crippen LogP contribution in [0, 0.1) is 0 Å². The summed E-state index contributed by atoms with van der Waals surface area (Å²) in [5, 5.41) is 4.05. The van der Waals surface area contributed by atoms with E-state index in [9.17, 15) is 4.79 Å². The molecule has 9 nitrogen and oxygen atoms in total. The number of rotatable bonds is 6. The number of aryl methyl sites for hydroxylation is 1. The van der Waals surface area contributed by atoms with Crippen LogP contribution >= 0.6 is 0 Å². The first-order valence-corrected chi connectivity index (χ1v) is 8.83. The van der Waals surface area contributed by atoms with Crippen LogP contribution in [-0.4, -0.2) is 64.0 Å². The lowest BCUT2D eigenvalue weighted by Gasteiger charge is -2.34. The predicted molar refractivity (Wildman–Crippen MR) is 96.2 cm³/mol. The smallest absolute Gasteiger partial charge is 0.293 e. The quantitative estimate of drug-likeness (QED) is 0.739. The fraction of sp³-hybridized carbons (Fsp3) is 0.647. The molecule has 2 aromatic rings. The van der Waals surface area contributed by atoms with Crippen molar-refractivity contribution in [3.63, 3.8) is 0 Å². The summed E-state index contributed by atoms with van der Waals surface area (Å²) in [5.74, 6) is 2.01. The topological polar surface area (TPSA) is 89.5 Å². The van der Waals surface area contributed by atoms with Gasteiger partial charge in [-0.2, -0.15) is 4.98 Å². The molecule has 3 heterocycles. The summed E-state index contributed by atoms with van der Waals surface area (Å²) in [5.41, 5.74) is -0.115. The van der Waals surface area contributed by atoms with Crippen LogP contribution in [0.2, 0.25) is 0 Å². The molecule has 0 radical (unpaired) electrons. The number of nitrogens with zero attached hydrogens (tertiary/aromatic N) is 6. The maximum absolute atomic E-state index is 12.2. The second kappa shape index (κ2) is 7.96. The zero-order valence-corrected chi connectivity index (χ0v) is 15.8. The number of aromatic nitrogens is 4. The maximum atomic E-state index is 12.2. The van der Waals surface area contributed by atoms with Crippen LogP contribution in [-0.2, 0) is 18.3 Å². The molecular weight excluding hydrogens is 336 g/mol. The standard InChI is InChI=1S/C17H26N6O3/c1-12(2)16-19-14(20-26-16)11-23-7-8-25-13(10-23)9-22(4)15-17(24)21(3)6-5-18-15/h5-6,12-13H,7-11H2,1-4H3/t13-/m1/s1. The summed E-state index contributed by atoms with van der Waals surface area (Å²) < 4.78 is 12.7. The van der Waals surface area contributed by atoms with Gasteiger partial charge in [-0.05, 0) is 0 Å². The Morgan fingerprint density at radius 2 is 2.23 bits per heavy atom. The Balaban J connectivity index is 1.59. The van der Waals surface area contributed by atoms with Gasteiger partial charge in [0.25, 0.3) is 5.56 Å². The highest BCUT2D eigenvalue weighted by Gasteiger charge is 2.24. The van der Waals surface area contributed by atoms with Gasteiger partial charge in [-0.15, -0.1) is 0 Å². The van der Waals surface area contributed by atoms with E-state index in [0.717, 1.165) is 13.1 Å². The number of hydrogen-bond donors (Lipinski definition) is 0. The molecule has 1 saturated heterocycles. The number of ether oxygens (including phenoxy) is 1. The fourth-order valence-electron chi connectivity index (χ4n) is 2.94. The Morgan fingerprint density at radius 3 is 2.96 bits per heavy atom. The van der Waals surface area contributed by atoms with Crippen molar-refractivity contribution in [2.75, 3.05) is 38.2 Å². The molecule has 1 atom stereocenters. The van der Waals surface area contributed by atoms with Crippen LogP contribution in [0.4, 0.5) is 5.82 Å². The average Bonchev–Trinajstić information content (AvgIpc) is 3.06. The summed E-state index contributed by atoms with van der Waals surface area (Å²) in [6.45, 7) is 7.46. The molecule has 0 bridgehead atoms. The van der Waals surface area contributed by atoms with Crippen LogP contribution in [0.15, 0.2) is 21.7 Å². The molecule has 0 amide bonds. The normalized spacial score (nSPS) is 18.4. The maximum Gasteiger partial charge on any atom is 0.293 e. The SMILES string of the molecule is CC(C)c1nc(CN2CCO[C@H](CN(C)c3nccn(C)c3=O)C2)no1. The van der Waals surface area contributed by atoms with Crippen molar-refractivity contribution in [2.24, 2.45) is 7.05 Å². The number of likely N-dealkylation sites (N-methyl/N-ethyl adjacent to an activating group) is 1. The molecule has 0 aliphatic carbocycles. The third kappa shape index (κ3) is 4.28. The fourth-order valence-corrected chi connectivity index (χ4v) is 2.94. The van der Waals surface area contributed by atoms with E-state index in [1.807, 2.05) is 25.8 Å². The van der Waals surface area contributed by atoms with E-state index >= 15 is 0 Å². The highest BCUT2D eigenvalue weighted by molar-refractivity contribution is 5.34. The van der Waals surface area contributed by atoms with E-state index in [4.69, 9.17) is 9.26 Å². The minimum atomic E-state index is -0.115. The lowest BCUT2D eigenvalue weighted by Crippen LogP contribution is -2.47. The molecular formula is C17H26N6O3. The highest BCUT2D eigenvalue weighted by atomic mass is 16.5. The Kier molecular flexibility index (Phi) is 5.67. The highest BCUT2D eigenvalue weighted by Crippen LogP contribution is 2.14. The first kappa shape index (κ1) is 18.5. The first-order chi connectivity index (χ1) is 12.4. The second-order valence-electron chi connectivity index (χ2n) is 6.98. The molecule has 1 aliphatic heterocycles. The van der Waals surface area contributed by atoms with Gasteiger partial charge in [-0.1, -0.05) is 19.0 Å². The van der Waals surface area contributed by atoms with Crippen LogP contribution in [0.3, 0.4) is 0 Å². The summed E-state index contributed by atoms with van der Waals surface area (Å²) in [6.07, 6.45) is 3.26. The van der Waals surface area contributed by atoms with Crippen molar-refractivity contribution in [3.8, 4) is 0 Å². The first-order valence-electron chi connectivity index (χ1n) is 8.83. The van der Waals surface area contributed by atoms with Gasteiger partial charge in [0.15, 0.2) is 11.6 Å². The van der Waals surface area contributed by atoms with Gasteiger partial charge in [-0.3, -0.25) is 9.69 Å². The predicted octanol–water partition coefficient (Wildman–Crippen LogP) is 0.624. The molecule has 1 fully saturated rings. The van der Waals surface area contributed by atoms with E-state index in [0.29, 0.717) is 37.2 Å². The summed E-state index contributed by atoms with van der Waals surface area (Å²) in [7, 11) is 3.58. The van der Waals surface area contributed by atoms with Crippen LogP contribution < -0.4 is 10.5 Å². The molecule has 9 heteroatoms. The van der Waals surface area contributed by atoms with Crippen molar-refractivity contribution < 1.29 is 9.26 Å². The lowest BCUT2D eigenvalue weighted by molar-refractivity contribution is -0.0274. The van der Waals surface area contributed by atoms with E-state index < -0.39 is 0 Å². The number of hydrogen-bond acceptors (Lipinski definition) is 8. The van der Waals surface area contributed by atoms with Gasteiger partial charge in [0.2, 0.25) is 5.89 Å². The van der Waals surface area contributed by atoms with Crippen LogP contribution in [0.5, 0.6) is 0 Å². The molecule has 0 unspecified atom stereocenters. The summed E-state index contributed by atoms with van der Waals surface area (Å²) in [6, 6.07) is 0. The molecule has 0 N–H and O–H groups in total. The van der Waals surface area contributed by atoms with Crippen molar-refractivity contribution in [1.29, 1.82) is 0 Å². The van der Waals surface area contributed by atoms with Gasteiger partial charge in [0.1, 0.15) is 0 Å². The van der Waals surface area contributed by atoms with Crippen molar-refractivity contribution in [1.82, 2.24) is 24.6 Å². The zero-order valence-electron chi connectivity index (χ0n) is 15.8. The largest absolute Gasteiger partial charge is 0.374 e. The minimum Gasteiger partial charge on any atom is -0.374 e. The monoisotopic (exact) mass is 362 g/mol. The number of anilines is 1. The zero-order chi connectivity index (χ0) is 18.7. The molecule has 0 saturated carbocycles. The van der Waals surface area contributed by atoms with Gasteiger partial charge in [0.05, 0.1) is 19.3 Å². The molecule has 3 rings (SSSR count). The lowest BCUT2D eigenvalue weighted by atomic mass is 10.2. The van der Waals surface area contributed by atoms with Gasteiger partial charge in [0, 0.05) is 52.0 Å². The molecule has 2 aromatic heterocycles. The number of morpholine rings is 1. The molecule has 0 spiro atoms. The summed E-state index contributed by atoms with van der Waals surface area (Å²) in [4.78, 5) is 24.9. The van der Waals surface area contributed by atoms with Gasteiger partial charge < -0.3 is 18.7 Å². The molecule has 0 aromatic carbocycles. The average molecular weight is 362 g/mol. The Morgan fingerprint density at radius 1 is 1.42 bits per heavy atom. The van der Waals surface area contributed by atoms with Crippen molar-refractivity contribution >= 4 is 5.82 Å². The minimum absolute atomic E-state index is 0.0167. The molecule has 1 aliphatic rings. The van der Waals surface area contributed by atoms with Gasteiger partial charge in [-0.25, -0.2) is 4.98 Å². The molecule has 142 valence electrons. The van der Waals surface area contributed by atoms with Crippen molar-refractivity contribution in [2.45, 2.75) is 32.4 Å². The summed E-state index contributed by atoms with van der Waals surface area (Å²) >= 11 is 0. The van der Waals surface area contributed by atoms with E-state index in [-0.39, 0.29) is 17.6 Å². The third-order valence-electron chi connectivity index (χ3n) is 4.40. The Hall–Kier alpha value is -2.26. The van der Waals surface area contributed by atoms with Crippen LogP contribution in [0.1, 0.15) is 31.5 Å². The van der Waals surface area contributed by atoms with Crippen molar-refractivity contribution in [3.05, 3.63) is 34.5 Å². The van der Waals surface area contributed by atoms with Crippen LogP contribution in [0.25, 0.3) is 0 Å².